The number of nitrogens with zero attached hydrogens (tertiary/aromatic N) is 2. The second kappa shape index (κ2) is 8.28. The second-order valence-electron chi connectivity index (χ2n) is 8.52. The molecule has 1 atom stereocenters. The number of ketones is 1. The van der Waals surface area contributed by atoms with Gasteiger partial charge in [-0.05, 0) is 45.7 Å². The van der Waals surface area contributed by atoms with Gasteiger partial charge in [0.05, 0.1) is 31.8 Å². The molecule has 2 fully saturated rings. The quantitative estimate of drug-likeness (QED) is 0.762. The van der Waals surface area contributed by atoms with Crippen molar-refractivity contribution in [2.45, 2.75) is 57.8 Å². The fourth-order valence-electron chi connectivity index (χ4n) is 3.55. The first-order valence-corrected chi connectivity index (χ1v) is 9.96. The van der Waals surface area contributed by atoms with Gasteiger partial charge in [0.2, 0.25) is 5.88 Å². The SMILES string of the molecule is COc1ncc(C2CN(C(=O)OC(C)(C)C)CCC2=O)cc1C1(C)OCCCO1. The maximum absolute atomic E-state index is 12.7. The molecule has 8 nitrogen and oxygen atoms in total. The first-order chi connectivity index (χ1) is 13.6. The topological polar surface area (TPSA) is 87.2 Å². The van der Waals surface area contributed by atoms with E-state index in [1.807, 2.05) is 33.8 Å². The highest BCUT2D eigenvalue weighted by atomic mass is 16.7. The number of methoxy groups -OCH3 is 1. The summed E-state index contributed by atoms with van der Waals surface area (Å²) in [4.78, 5) is 31.1. The Morgan fingerprint density at radius 1 is 1.31 bits per heavy atom. The van der Waals surface area contributed by atoms with Crippen LogP contribution >= 0.6 is 0 Å². The van der Waals surface area contributed by atoms with Gasteiger partial charge in [-0.25, -0.2) is 9.78 Å². The number of hydrogen-bond acceptors (Lipinski definition) is 7. The minimum atomic E-state index is -0.991. The molecular weight excluding hydrogens is 376 g/mol. The number of likely N-dealkylation sites (tertiary alicyclic amines) is 1. The highest BCUT2D eigenvalue weighted by Gasteiger charge is 2.38. The van der Waals surface area contributed by atoms with E-state index in [4.69, 9.17) is 18.9 Å². The van der Waals surface area contributed by atoms with Gasteiger partial charge in [-0.3, -0.25) is 4.79 Å². The van der Waals surface area contributed by atoms with Crippen LogP contribution in [-0.4, -0.2) is 60.8 Å². The summed E-state index contributed by atoms with van der Waals surface area (Å²) >= 11 is 0. The molecule has 160 valence electrons. The van der Waals surface area contributed by atoms with Crippen molar-refractivity contribution in [1.29, 1.82) is 0 Å². The van der Waals surface area contributed by atoms with E-state index in [1.54, 1.807) is 11.1 Å². The molecule has 0 saturated carbocycles. The van der Waals surface area contributed by atoms with Crippen LogP contribution in [0, 0.1) is 0 Å². The van der Waals surface area contributed by atoms with Crippen molar-refractivity contribution in [3.05, 3.63) is 23.4 Å². The standard InChI is InChI=1S/C21H30N2O6/c1-20(2,3)29-19(25)23-8-7-17(24)15(13-23)14-11-16(18(26-5)22-12-14)21(4)27-9-6-10-28-21/h11-12,15H,6-10,13H2,1-5H3. The van der Waals surface area contributed by atoms with Gasteiger partial charge in [-0.15, -0.1) is 0 Å². The molecule has 3 rings (SSSR count). The molecule has 0 spiro atoms. The van der Waals surface area contributed by atoms with E-state index in [-0.39, 0.29) is 18.7 Å². The van der Waals surface area contributed by atoms with Gasteiger partial charge >= 0.3 is 6.09 Å². The van der Waals surface area contributed by atoms with Crippen molar-refractivity contribution in [1.82, 2.24) is 9.88 Å². The Morgan fingerprint density at radius 3 is 2.62 bits per heavy atom. The van der Waals surface area contributed by atoms with E-state index >= 15 is 0 Å². The van der Waals surface area contributed by atoms with Gasteiger partial charge in [0.1, 0.15) is 11.4 Å². The number of carbonyl (C=O) groups excluding carboxylic acids is 2. The monoisotopic (exact) mass is 406 g/mol. The fourth-order valence-corrected chi connectivity index (χ4v) is 3.55. The Morgan fingerprint density at radius 2 is 2.00 bits per heavy atom. The maximum Gasteiger partial charge on any atom is 0.410 e. The van der Waals surface area contributed by atoms with Crippen LogP contribution in [0.5, 0.6) is 5.88 Å². The zero-order valence-electron chi connectivity index (χ0n) is 17.8. The molecule has 2 saturated heterocycles. The Kier molecular flexibility index (Phi) is 6.14. The number of pyridine rings is 1. The number of rotatable bonds is 3. The summed E-state index contributed by atoms with van der Waals surface area (Å²) in [5.74, 6) is -1.01. The van der Waals surface area contributed by atoms with Crippen LogP contribution in [0.2, 0.25) is 0 Å². The third kappa shape index (κ3) is 4.87. The maximum atomic E-state index is 12.7. The molecule has 0 bridgehead atoms. The first kappa shape index (κ1) is 21.5. The van der Waals surface area contributed by atoms with Gasteiger partial charge in [-0.1, -0.05) is 0 Å². The largest absolute Gasteiger partial charge is 0.481 e. The summed E-state index contributed by atoms with van der Waals surface area (Å²) in [7, 11) is 1.54. The molecule has 1 amide bonds. The van der Waals surface area contributed by atoms with E-state index in [9.17, 15) is 9.59 Å². The number of Topliss-reactive ketones (excluding diaryl/α,β-unsaturated/α-hetero) is 1. The van der Waals surface area contributed by atoms with Crippen LogP contribution in [0.3, 0.4) is 0 Å². The smallest absolute Gasteiger partial charge is 0.410 e. The lowest BCUT2D eigenvalue weighted by atomic mass is 9.89. The summed E-state index contributed by atoms with van der Waals surface area (Å²) in [5.41, 5.74) is 0.755. The predicted molar refractivity (Wildman–Crippen MR) is 105 cm³/mol. The summed E-state index contributed by atoms with van der Waals surface area (Å²) < 4.78 is 22.6. The van der Waals surface area contributed by atoms with Crippen molar-refractivity contribution >= 4 is 11.9 Å². The molecule has 3 heterocycles. The van der Waals surface area contributed by atoms with Crippen molar-refractivity contribution < 1.29 is 28.5 Å². The highest BCUT2D eigenvalue weighted by Crippen LogP contribution is 2.37. The lowest BCUT2D eigenvalue weighted by Gasteiger charge is -2.36. The molecule has 1 unspecified atom stereocenters. The molecule has 2 aliphatic heterocycles. The van der Waals surface area contributed by atoms with Gasteiger partial charge in [0.25, 0.3) is 0 Å². The number of amides is 1. The molecule has 0 radical (unpaired) electrons. The van der Waals surface area contributed by atoms with E-state index in [2.05, 4.69) is 4.98 Å². The summed E-state index contributed by atoms with van der Waals surface area (Å²) in [6.45, 7) is 9.03. The third-order valence-electron chi connectivity index (χ3n) is 5.07. The molecule has 1 aromatic heterocycles. The molecule has 29 heavy (non-hydrogen) atoms. The van der Waals surface area contributed by atoms with Gasteiger partial charge in [0, 0.05) is 25.7 Å². The van der Waals surface area contributed by atoms with Crippen molar-refractivity contribution in [2.75, 3.05) is 33.4 Å². The minimum Gasteiger partial charge on any atom is -0.481 e. The van der Waals surface area contributed by atoms with Crippen molar-refractivity contribution in [2.24, 2.45) is 0 Å². The summed E-state index contributed by atoms with van der Waals surface area (Å²) in [5, 5.41) is 0. The zero-order chi connectivity index (χ0) is 21.2. The Labute approximate surface area is 171 Å². The minimum absolute atomic E-state index is 0.0679. The molecule has 0 N–H and O–H groups in total. The van der Waals surface area contributed by atoms with E-state index in [0.717, 1.165) is 6.42 Å². The number of ether oxygens (including phenoxy) is 4. The Bertz CT molecular complexity index is 767. The second-order valence-corrected chi connectivity index (χ2v) is 8.52. The molecule has 0 aromatic carbocycles. The lowest BCUT2D eigenvalue weighted by Crippen LogP contribution is -2.45. The number of hydrogen-bond donors (Lipinski definition) is 0. The summed E-state index contributed by atoms with van der Waals surface area (Å²) in [6.07, 6.45) is 2.30. The number of piperidine rings is 1. The predicted octanol–water partition coefficient (Wildman–Crippen LogP) is 2.99. The average molecular weight is 406 g/mol. The van der Waals surface area contributed by atoms with Crippen LogP contribution in [-0.2, 0) is 24.8 Å². The van der Waals surface area contributed by atoms with Gasteiger partial charge in [-0.2, -0.15) is 0 Å². The van der Waals surface area contributed by atoms with Gasteiger partial charge in [0.15, 0.2) is 5.79 Å². The van der Waals surface area contributed by atoms with Gasteiger partial charge < -0.3 is 23.8 Å². The van der Waals surface area contributed by atoms with E-state index in [0.29, 0.717) is 36.8 Å². The van der Waals surface area contributed by atoms with Crippen LogP contribution in [0.4, 0.5) is 4.79 Å². The summed E-state index contributed by atoms with van der Waals surface area (Å²) in [6, 6.07) is 1.85. The normalized spacial score (nSPS) is 22.3. The van der Waals surface area contributed by atoms with Crippen LogP contribution in [0.15, 0.2) is 12.3 Å². The fraction of sp³-hybridized carbons (Fsp3) is 0.667. The average Bonchev–Trinajstić information content (AvgIpc) is 2.67. The molecule has 0 aliphatic carbocycles. The first-order valence-electron chi connectivity index (χ1n) is 9.96. The lowest BCUT2D eigenvalue weighted by molar-refractivity contribution is -0.265. The Hall–Kier alpha value is -2.19. The van der Waals surface area contributed by atoms with Crippen molar-refractivity contribution in [3.8, 4) is 5.88 Å². The van der Waals surface area contributed by atoms with Crippen molar-refractivity contribution in [3.63, 3.8) is 0 Å². The van der Waals surface area contributed by atoms with Crippen LogP contribution < -0.4 is 4.74 Å². The number of aromatic nitrogens is 1. The van der Waals surface area contributed by atoms with E-state index in [1.165, 1.54) is 7.11 Å². The molecule has 1 aromatic rings. The third-order valence-corrected chi connectivity index (χ3v) is 5.07. The molecule has 8 heteroatoms. The number of carbonyl (C=O) groups is 2. The highest BCUT2D eigenvalue weighted by molar-refractivity contribution is 5.88. The van der Waals surface area contributed by atoms with E-state index < -0.39 is 23.4 Å². The Balaban J connectivity index is 1.87. The molecule has 2 aliphatic rings. The molecular formula is C21H30N2O6. The van der Waals surface area contributed by atoms with Crippen LogP contribution in [0.25, 0.3) is 0 Å². The zero-order valence-corrected chi connectivity index (χ0v) is 17.8. The van der Waals surface area contributed by atoms with Crippen LogP contribution in [0.1, 0.15) is 57.6 Å².